The molecule has 41 heavy (non-hydrogen) atoms. The molecule has 9 rings (SSSR count). The van der Waals surface area contributed by atoms with Crippen molar-refractivity contribution in [1.82, 2.24) is 19.9 Å². The van der Waals surface area contributed by atoms with E-state index in [1.165, 1.54) is 43.8 Å². The van der Waals surface area contributed by atoms with Crippen molar-refractivity contribution in [3.8, 4) is 33.6 Å². The van der Waals surface area contributed by atoms with E-state index in [2.05, 4.69) is 121 Å². The monoisotopic (exact) mass is 526 g/mol. The second-order valence-electron chi connectivity index (χ2n) is 11.7. The van der Waals surface area contributed by atoms with Crippen LogP contribution < -0.4 is 0 Å². The molecule has 0 amide bonds. The lowest BCUT2D eigenvalue weighted by molar-refractivity contribution is 0.661. The molecule has 194 valence electrons. The van der Waals surface area contributed by atoms with E-state index in [0.717, 1.165) is 44.6 Å². The van der Waals surface area contributed by atoms with Gasteiger partial charge in [-0.15, -0.1) is 0 Å². The number of fused-ring (bicyclic) bond motifs is 9. The van der Waals surface area contributed by atoms with E-state index in [-0.39, 0.29) is 5.41 Å². The minimum Gasteiger partial charge on any atom is -0.353 e. The Morgan fingerprint density at radius 1 is 0.512 bits per heavy atom. The van der Waals surface area contributed by atoms with Gasteiger partial charge in [-0.25, -0.2) is 0 Å². The molecular formula is C37H26N4. The summed E-state index contributed by atoms with van der Waals surface area (Å²) in [6.07, 6.45) is 3.85. The van der Waals surface area contributed by atoms with Gasteiger partial charge in [0.2, 0.25) is 0 Å². The topological polar surface area (TPSA) is 57.4 Å². The molecule has 0 bridgehead atoms. The van der Waals surface area contributed by atoms with Gasteiger partial charge in [-0.1, -0.05) is 74.5 Å². The molecule has 4 heteroatoms. The largest absolute Gasteiger partial charge is 0.353 e. The van der Waals surface area contributed by atoms with Crippen molar-refractivity contribution < 1.29 is 0 Å². The van der Waals surface area contributed by atoms with E-state index >= 15 is 0 Å². The van der Waals surface area contributed by atoms with Gasteiger partial charge in [-0.3, -0.25) is 9.97 Å². The van der Waals surface area contributed by atoms with Gasteiger partial charge in [0.15, 0.2) is 0 Å². The molecule has 8 aromatic rings. The van der Waals surface area contributed by atoms with Gasteiger partial charge in [0, 0.05) is 61.5 Å². The predicted octanol–water partition coefficient (Wildman–Crippen LogP) is 9.39. The number of para-hydroxylation sites is 2. The van der Waals surface area contributed by atoms with Crippen LogP contribution in [0.3, 0.4) is 0 Å². The number of hydrogen-bond donors (Lipinski definition) is 2. The Morgan fingerprint density at radius 2 is 0.976 bits per heavy atom. The van der Waals surface area contributed by atoms with Crippen LogP contribution in [0.4, 0.5) is 0 Å². The van der Waals surface area contributed by atoms with E-state index in [0.29, 0.717) is 0 Å². The average Bonchev–Trinajstić information content (AvgIpc) is 3.65. The second-order valence-corrected chi connectivity index (χ2v) is 11.7. The van der Waals surface area contributed by atoms with Crippen molar-refractivity contribution in [2.75, 3.05) is 0 Å². The first-order valence-corrected chi connectivity index (χ1v) is 14.1. The minimum atomic E-state index is -0.167. The van der Waals surface area contributed by atoms with Crippen LogP contribution in [0.5, 0.6) is 0 Å². The summed E-state index contributed by atoms with van der Waals surface area (Å²) < 4.78 is 0. The highest BCUT2D eigenvalue weighted by molar-refractivity contribution is 6.12. The maximum absolute atomic E-state index is 4.85. The zero-order valence-corrected chi connectivity index (χ0v) is 22.8. The molecule has 0 spiro atoms. The Morgan fingerprint density at radius 3 is 1.46 bits per heavy atom. The summed E-state index contributed by atoms with van der Waals surface area (Å²) in [5.41, 5.74) is 13.8. The smallest absolute Gasteiger partial charge is 0.0943 e. The van der Waals surface area contributed by atoms with Crippen molar-refractivity contribution in [3.05, 3.63) is 121 Å². The van der Waals surface area contributed by atoms with Gasteiger partial charge in [-0.05, 0) is 58.7 Å². The summed E-state index contributed by atoms with van der Waals surface area (Å²) in [5.74, 6) is 0. The highest BCUT2D eigenvalue weighted by Crippen LogP contribution is 2.51. The second kappa shape index (κ2) is 7.92. The number of nitrogens with one attached hydrogen (secondary N) is 2. The molecule has 4 heterocycles. The van der Waals surface area contributed by atoms with E-state index in [9.17, 15) is 0 Å². The number of hydrogen-bond acceptors (Lipinski definition) is 2. The molecule has 0 saturated carbocycles. The molecule has 1 aliphatic carbocycles. The molecule has 4 aromatic heterocycles. The summed E-state index contributed by atoms with van der Waals surface area (Å²) in [4.78, 5) is 17.0. The Hall–Kier alpha value is -5.22. The number of rotatable bonds is 2. The molecule has 0 radical (unpaired) electrons. The fraction of sp³-hybridized carbons (Fsp3) is 0.0811. The standard InChI is InChI=1S/C37H26N4/c1-37(2)29-19-21(33-35-27(15-17-38-33)25-7-3-5-9-31(25)40-35)11-13-23(29)24-14-12-22(20-30(24)37)34-36-28(16-18-39-34)26-8-4-6-10-32(26)41-36/h3-20,40-41H,1-2H3. The lowest BCUT2D eigenvalue weighted by atomic mass is 9.81. The van der Waals surface area contributed by atoms with Gasteiger partial charge in [0.05, 0.1) is 22.4 Å². The molecular weight excluding hydrogens is 500 g/mol. The number of benzene rings is 4. The lowest BCUT2D eigenvalue weighted by Gasteiger charge is -2.22. The highest BCUT2D eigenvalue weighted by atomic mass is 14.8. The van der Waals surface area contributed by atoms with Crippen LogP contribution in [0.1, 0.15) is 25.0 Å². The van der Waals surface area contributed by atoms with Crippen molar-refractivity contribution in [2.45, 2.75) is 19.3 Å². The summed E-state index contributed by atoms with van der Waals surface area (Å²) in [6.45, 7) is 4.66. The van der Waals surface area contributed by atoms with Crippen molar-refractivity contribution >= 4 is 43.6 Å². The van der Waals surface area contributed by atoms with Crippen LogP contribution in [-0.2, 0) is 5.41 Å². The third-order valence-electron chi connectivity index (χ3n) is 9.08. The van der Waals surface area contributed by atoms with E-state index < -0.39 is 0 Å². The maximum atomic E-state index is 4.85. The average molecular weight is 527 g/mol. The number of aromatic nitrogens is 4. The molecule has 0 aliphatic heterocycles. The van der Waals surface area contributed by atoms with Gasteiger partial charge in [0.1, 0.15) is 0 Å². The van der Waals surface area contributed by atoms with Crippen LogP contribution in [0, 0.1) is 0 Å². The molecule has 0 saturated heterocycles. The summed E-state index contributed by atoms with van der Waals surface area (Å²) >= 11 is 0. The van der Waals surface area contributed by atoms with Gasteiger partial charge < -0.3 is 9.97 Å². The third kappa shape index (κ3) is 3.05. The lowest BCUT2D eigenvalue weighted by Crippen LogP contribution is -2.15. The number of nitrogens with zero attached hydrogens (tertiary/aromatic N) is 2. The number of aromatic amines is 2. The summed E-state index contributed by atoms with van der Waals surface area (Å²) in [6, 6.07) is 34.8. The molecule has 4 nitrogen and oxygen atoms in total. The van der Waals surface area contributed by atoms with E-state index in [4.69, 9.17) is 9.97 Å². The van der Waals surface area contributed by atoms with Crippen LogP contribution in [0.2, 0.25) is 0 Å². The van der Waals surface area contributed by atoms with Crippen LogP contribution in [0.15, 0.2) is 109 Å². The highest BCUT2D eigenvalue weighted by Gasteiger charge is 2.36. The zero-order valence-electron chi connectivity index (χ0n) is 22.8. The third-order valence-corrected chi connectivity index (χ3v) is 9.08. The first-order valence-electron chi connectivity index (χ1n) is 14.1. The normalized spacial score (nSPS) is 13.8. The maximum Gasteiger partial charge on any atom is 0.0943 e. The molecule has 0 atom stereocenters. The van der Waals surface area contributed by atoms with Gasteiger partial charge >= 0.3 is 0 Å². The van der Waals surface area contributed by atoms with Gasteiger partial charge in [-0.2, -0.15) is 0 Å². The Kier molecular flexibility index (Phi) is 4.36. The first-order chi connectivity index (χ1) is 20.1. The van der Waals surface area contributed by atoms with Crippen LogP contribution >= 0.6 is 0 Å². The minimum absolute atomic E-state index is 0.167. The molecule has 2 N–H and O–H groups in total. The zero-order chi connectivity index (χ0) is 27.3. The summed E-state index contributed by atoms with van der Waals surface area (Å²) in [7, 11) is 0. The SMILES string of the molecule is CC1(C)c2cc(-c3nccc4c3[nH]c3ccccc34)ccc2-c2ccc(-c3nccc4c3[nH]c3ccccc34)cc21. The molecule has 4 aromatic carbocycles. The summed E-state index contributed by atoms with van der Waals surface area (Å²) in [5, 5.41) is 4.87. The Bertz CT molecular complexity index is 2190. The fourth-order valence-electron chi connectivity index (χ4n) is 7.02. The van der Waals surface area contributed by atoms with Crippen LogP contribution in [-0.4, -0.2) is 19.9 Å². The van der Waals surface area contributed by atoms with Crippen molar-refractivity contribution in [2.24, 2.45) is 0 Å². The molecule has 0 unspecified atom stereocenters. The van der Waals surface area contributed by atoms with Crippen molar-refractivity contribution in [3.63, 3.8) is 0 Å². The molecule has 0 fully saturated rings. The molecule has 1 aliphatic rings. The Balaban J connectivity index is 1.19. The first kappa shape index (κ1) is 22.6. The van der Waals surface area contributed by atoms with Gasteiger partial charge in [0.25, 0.3) is 0 Å². The Labute approximate surface area is 236 Å². The quantitative estimate of drug-likeness (QED) is 0.236. The fourth-order valence-corrected chi connectivity index (χ4v) is 7.02. The number of pyridine rings is 2. The van der Waals surface area contributed by atoms with Crippen LogP contribution in [0.25, 0.3) is 77.3 Å². The predicted molar refractivity (Wildman–Crippen MR) is 169 cm³/mol. The van der Waals surface area contributed by atoms with Crippen molar-refractivity contribution in [1.29, 1.82) is 0 Å². The van der Waals surface area contributed by atoms with E-state index in [1.54, 1.807) is 0 Å². The van der Waals surface area contributed by atoms with E-state index in [1.807, 2.05) is 12.4 Å². The number of H-pyrrole nitrogens is 2.